The van der Waals surface area contributed by atoms with Crippen LogP contribution in [0.25, 0.3) is 5.57 Å². The van der Waals surface area contributed by atoms with E-state index in [2.05, 4.69) is 63.7 Å². The van der Waals surface area contributed by atoms with Gasteiger partial charge in [-0.25, -0.2) is 4.99 Å². The number of guanidine groups is 1. The monoisotopic (exact) mass is 338 g/mol. The van der Waals surface area contributed by atoms with Gasteiger partial charge in [0.15, 0.2) is 11.8 Å². The first kappa shape index (κ1) is 17.2. The molecule has 132 valence electrons. The van der Waals surface area contributed by atoms with Crippen molar-refractivity contribution in [1.82, 2.24) is 25.0 Å². The van der Waals surface area contributed by atoms with E-state index in [1.54, 1.807) is 0 Å². The minimum Gasteiger partial charge on any atom is -0.356 e. The first-order chi connectivity index (χ1) is 12.2. The Morgan fingerprint density at radius 1 is 1.24 bits per heavy atom. The fourth-order valence-electron chi connectivity index (χ4n) is 2.94. The van der Waals surface area contributed by atoms with Crippen molar-refractivity contribution >= 4 is 11.5 Å². The molecule has 1 aromatic carbocycles. The molecule has 0 amide bonds. The van der Waals surface area contributed by atoms with Gasteiger partial charge in [-0.1, -0.05) is 36.4 Å². The molecular weight excluding hydrogens is 312 g/mol. The quantitative estimate of drug-likeness (QED) is 0.687. The molecule has 1 aromatic heterocycles. The van der Waals surface area contributed by atoms with Crippen LogP contribution in [0.3, 0.4) is 0 Å². The normalized spacial score (nSPS) is 15.2. The molecule has 1 aliphatic rings. The summed E-state index contributed by atoms with van der Waals surface area (Å²) in [6.45, 7) is 7.26. The SMILES string of the molecule is CCNC(=NCc1nnc(C)n1C)N1CC=C(c2ccccc2)CC1. The third-order valence-corrected chi connectivity index (χ3v) is 4.54. The lowest BCUT2D eigenvalue weighted by atomic mass is 10.00. The van der Waals surface area contributed by atoms with Crippen molar-refractivity contribution < 1.29 is 0 Å². The molecule has 0 aliphatic carbocycles. The van der Waals surface area contributed by atoms with Crippen molar-refractivity contribution in [1.29, 1.82) is 0 Å². The fourth-order valence-corrected chi connectivity index (χ4v) is 2.94. The van der Waals surface area contributed by atoms with Crippen molar-refractivity contribution in [2.45, 2.75) is 26.8 Å². The van der Waals surface area contributed by atoms with Gasteiger partial charge in [0.25, 0.3) is 0 Å². The summed E-state index contributed by atoms with van der Waals surface area (Å²) >= 11 is 0. The lowest BCUT2D eigenvalue weighted by Gasteiger charge is -2.29. The van der Waals surface area contributed by atoms with Crippen LogP contribution in [0.2, 0.25) is 0 Å². The second-order valence-electron chi connectivity index (χ2n) is 6.18. The minimum atomic E-state index is 0.533. The van der Waals surface area contributed by atoms with Gasteiger partial charge in [-0.3, -0.25) is 0 Å². The van der Waals surface area contributed by atoms with Gasteiger partial charge in [-0.2, -0.15) is 0 Å². The van der Waals surface area contributed by atoms with Gasteiger partial charge in [0.05, 0.1) is 0 Å². The van der Waals surface area contributed by atoms with Gasteiger partial charge < -0.3 is 14.8 Å². The van der Waals surface area contributed by atoms with E-state index in [4.69, 9.17) is 4.99 Å². The molecule has 0 spiro atoms. The van der Waals surface area contributed by atoms with E-state index in [9.17, 15) is 0 Å². The van der Waals surface area contributed by atoms with Crippen molar-refractivity contribution in [2.24, 2.45) is 12.0 Å². The molecule has 0 fully saturated rings. The molecule has 2 heterocycles. The number of nitrogens with zero attached hydrogens (tertiary/aromatic N) is 5. The first-order valence-electron chi connectivity index (χ1n) is 8.81. The fraction of sp³-hybridized carbons (Fsp3) is 0.421. The maximum atomic E-state index is 4.76. The summed E-state index contributed by atoms with van der Waals surface area (Å²) in [4.78, 5) is 7.05. The lowest BCUT2D eigenvalue weighted by Crippen LogP contribution is -2.43. The Kier molecular flexibility index (Phi) is 5.48. The third-order valence-electron chi connectivity index (χ3n) is 4.54. The Hall–Kier alpha value is -2.63. The zero-order valence-electron chi connectivity index (χ0n) is 15.2. The lowest BCUT2D eigenvalue weighted by molar-refractivity contribution is 0.439. The highest BCUT2D eigenvalue weighted by Crippen LogP contribution is 2.22. The largest absolute Gasteiger partial charge is 0.356 e. The molecule has 1 N–H and O–H groups in total. The van der Waals surface area contributed by atoms with Gasteiger partial charge in [-0.15, -0.1) is 10.2 Å². The first-order valence-corrected chi connectivity index (χ1v) is 8.81. The van der Waals surface area contributed by atoms with E-state index in [0.717, 1.165) is 43.7 Å². The summed E-state index contributed by atoms with van der Waals surface area (Å²) in [5.41, 5.74) is 2.73. The molecule has 3 rings (SSSR count). The molecule has 6 nitrogen and oxygen atoms in total. The summed E-state index contributed by atoms with van der Waals surface area (Å²) in [7, 11) is 1.98. The standard InChI is InChI=1S/C19H26N6/c1-4-20-19(21-14-18-23-22-15(2)24(18)3)25-12-10-17(11-13-25)16-8-6-5-7-9-16/h5-10H,4,11-14H2,1-3H3,(H,20,21). The van der Waals surface area contributed by atoms with Gasteiger partial charge in [0.1, 0.15) is 12.4 Å². The molecule has 0 atom stereocenters. The van der Waals surface area contributed by atoms with Crippen LogP contribution < -0.4 is 5.32 Å². The predicted molar refractivity (Wildman–Crippen MR) is 101 cm³/mol. The van der Waals surface area contributed by atoms with E-state index in [-0.39, 0.29) is 0 Å². The van der Waals surface area contributed by atoms with Crippen LogP contribution in [0.4, 0.5) is 0 Å². The second kappa shape index (κ2) is 7.96. The molecule has 6 heteroatoms. The third kappa shape index (κ3) is 4.07. The number of nitrogens with one attached hydrogen (secondary N) is 1. The number of hydrogen-bond acceptors (Lipinski definition) is 3. The van der Waals surface area contributed by atoms with E-state index >= 15 is 0 Å². The van der Waals surface area contributed by atoms with E-state index < -0.39 is 0 Å². The number of aryl methyl sites for hydroxylation is 1. The number of benzene rings is 1. The van der Waals surface area contributed by atoms with Crippen LogP contribution in [0.15, 0.2) is 41.4 Å². The molecule has 0 radical (unpaired) electrons. The minimum absolute atomic E-state index is 0.533. The highest BCUT2D eigenvalue weighted by Gasteiger charge is 2.16. The predicted octanol–water partition coefficient (Wildman–Crippen LogP) is 2.38. The Bertz CT molecular complexity index is 759. The van der Waals surface area contributed by atoms with Crippen molar-refractivity contribution in [2.75, 3.05) is 19.6 Å². The van der Waals surface area contributed by atoms with Crippen LogP contribution in [0.5, 0.6) is 0 Å². The molecule has 2 aromatic rings. The van der Waals surface area contributed by atoms with Gasteiger partial charge in [-0.05, 0) is 31.4 Å². The van der Waals surface area contributed by atoms with E-state index in [1.165, 1.54) is 11.1 Å². The van der Waals surface area contributed by atoms with Crippen LogP contribution in [-0.4, -0.2) is 45.3 Å². The van der Waals surface area contributed by atoms with Gasteiger partial charge >= 0.3 is 0 Å². The Morgan fingerprint density at radius 2 is 2.04 bits per heavy atom. The molecule has 0 unspecified atom stereocenters. The molecule has 0 saturated heterocycles. The second-order valence-corrected chi connectivity index (χ2v) is 6.18. The summed E-state index contributed by atoms with van der Waals surface area (Å²) in [6.07, 6.45) is 3.33. The Morgan fingerprint density at radius 3 is 2.64 bits per heavy atom. The molecule has 0 bridgehead atoms. The summed E-state index contributed by atoms with van der Waals surface area (Å²) in [5.74, 6) is 2.72. The number of aliphatic imine (C=N–C) groups is 1. The van der Waals surface area contributed by atoms with Gasteiger partial charge in [0, 0.05) is 26.7 Å². The Labute approximate surface area is 149 Å². The molecular formula is C19H26N6. The van der Waals surface area contributed by atoms with Crippen LogP contribution in [-0.2, 0) is 13.6 Å². The summed E-state index contributed by atoms with van der Waals surface area (Å²) in [5, 5.41) is 11.7. The smallest absolute Gasteiger partial charge is 0.194 e. The van der Waals surface area contributed by atoms with Crippen molar-refractivity contribution in [3.8, 4) is 0 Å². The number of aromatic nitrogens is 3. The van der Waals surface area contributed by atoms with Crippen molar-refractivity contribution in [3.63, 3.8) is 0 Å². The van der Waals surface area contributed by atoms with Crippen LogP contribution in [0.1, 0.15) is 30.6 Å². The van der Waals surface area contributed by atoms with E-state index in [1.807, 2.05) is 18.5 Å². The van der Waals surface area contributed by atoms with Crippen LogP contribution in [0, 0.1) is 6.92 Å². The zero-order chi connectivity index (χ0) is 17.6. The average molecular weight is 338 g/mol. The topological polar surface area (TPSA) is 58.3 Å². The molecule has 0 saturated carbocycles. The molecule has 25 heavy (non-hydrogen) atoms. The van der Waals surface area contributed by atoms with Crippen LogP contribution >= 0.6 is 0 Å². The van der Waals surface area contributed by atoms with Crippen molar-refractivity contribution in [3.05, 3.63) is 53.6 Å². The zero-order valence-corrected chi connectivity index (χ0v) is 15.2. The maximum Gasteiger partial charge on any atom is 0.194 e. The Balaban J connectivity index is 1.70. The number of rotatable bonds is 4. The maximum absolute atomic E-state index is 4.76. The van der Waals surface area contributed by atoms with Gasteiger partial charge in [0.2, 0.25) is 0 Å². The highest BCUT2D eigenvalue weighted by atomic mass is 15.3. The number of hydrogen-bond donors (Lipinski definition) is 1. The molecule has 1 aliphatic heterocycles. The average Bonchev–Trinajstić information content (AvgIpc) is 2.98. The summed E-state index contributed by atoms with van der Waals surface area (Å²) in [6, 6.07) is 10.6. The highest BCUT2D eigenvalue weighted by molar-refractivity contribution is 5.81. The van der Waals surface area contributed by atoms with E-state index in [0.29, 0.717) is 6.54 Å². The summed E-state index contributed by atoms with van der Waals surface area (Å²) < 4.78 is 1.98.